The molecule has 2 heterocycles. The van der Waals surface area contributed by atoms with Gasteiger partial charge >= 0.3 is 0 Å². The Morgan fingerprint density at radius 3 is 2.43 bits per heavy atom. The Morgan fingerprint density at radius 2 is 1.78 bits per heavy atom. The van der Waals surface area contributed by atoms with E-state index in [0.29, 0.717) is 37.1 Å². The van der Waals surface area contributed by atoms with Crippen molar-refractivity contribution in [1.29, 1.82) is 0 Å². The van der Waals surface area contributed by atoms with E-state index in [9.17, 15) is 19.5 Å². The van der Waals surface area contributed by atoms with E-state index in [0.717, 1.165) is 43.6 Å². The van der Waals surface area contributed by atoms with E-state index in [4.69, 9.17) is 0 Å². The number of likely N-dealkylation sites (tertiary alicyclic amines) is 1. The van der Waals surface area contributed by atoms with Gasteiger partial charge in [-0.2, -0.15) is 0 Å². The van der Waals surface area contributed by atoms with Gasteiger partial charge in [-0.05, 0) is 37.2 Å². The molecule has 7 nitrogen and oxygen atoms in total. The van der Waals surface area contributed by atoms with Crippen molar-refractivity contribution >= 4 is 11.8 Å². The molecule has 5 rings (SSSR count). The Labute approximate surface area is 219 Å². The largest absolute Gasteiger partial charge is 0.387 e. The molecular weight excluding hydrogens is 466 g/mol. The highest BCUT2D eigenvalue weighted by molar-refractivity contribution is 6.00. The highest BCUT2D eigenvalue weighted by atomic mass is 16.3. The van der Waals surface area contributed by atoms with Crippen molar-refractivity contribution in [3.05, 3.63) is 58.5 Å². The summed E-state index contributed by atoms with van der Waals surface area (Å²) in [5.41, 5.74) is 0.0585. The summed E-state index contributed by atoms with van der Waals surface area (Å²) < 4.78 is 1.52. The maximum Gasteiger partial charge on any atom is 0.255 e. The summed E-state index contributed by atoms with van der Waals surface area (Å²) >= 11 is 0. The van der Waals surface area contributed by atoms with Gasteiger partial charge in [0, 0.05) is 56.8 Å². The zero-order valence-electron chi connectivity index (χ0n) is 22.1. The van der Waals surface area contributed by atoms with Crippen LogP contribution in [0.1, 0.15) is 68.1 Å². The van der Waals surface area contributed by atoms with Crippen LogP contribution >= 0.6 is 0 Å². The highest BCUT2D eigenvalue weighted by Crippen LogP contribution is 2.51. The number of aliphatic hydroxyl groups is 1. The lowest BCUT2D eigenvalue weighted by molar-refractivity contribution is -0.160. The molecule has 2 aliphatic carbocycles. The second kappa shape index (κ2) is 10.1. The van der Waals surface area contributed by atoms with Crippen LogP contribution in [0, 0.1) is 11.3 Å². The fraction of sp³-hybridized carbons (Fsp3) is 0.567. The molecule has 1 unspecified atom stereocenters. The lowest BCUT2D eigenvalue weighted by Gasteiger charge is -2.52. The van der Waals surface area contributed by atoms with Crippen LogP contribution in [-0.2, 0) is 11.3 Å². The molecular formula is C30H39N3O4. The molecule has 37 heavy (non-hydrogen) atoms. The first kappa shape index (κ1) is 25.7. The molecule has 198 valence electrons. The fourth-order valence-corrected chi connectivity index (χ4v) is 6.45. The molecule has 2 saturated carbocycles. The Morgan fingerprint density at radius 1 is 1.08 bits per heavy atom. The SMILES string of the molecule is CN(C)C(=O)c1cn(CC2(O)CCN(C(=O)CCC3CC3)CC23CCCC3)c(=O)cc1-c1ccccc1. The van der Waals surface area contributed by atoms with Crippen molar-refractivity contribution < 1.29 is 14.7 Å². The standard InChI is InChI=1S/C30H39N3O4/c1-31(2)28(36)25-19-33(27(35)18-24(25)23-8-4-3-5-9-23)21-30(37)16-17-32(20-29(30)14-6-7-15-29)26(34)13-12-22-10-11-22/h3-5,8-9,18-19,22,37H,6-7,10-17,20-21H2,1-2H3. The molecule has 1 atom stereocenters. The summed E-state index contributed by atoms with van der Waals surface area (Å²) in [6.07, 6.45) is 9.82. The number of pyridine rings is 1. The number of carbonyl (C=O) groups excluding carboxylic acids is 2. The van der Waals surface area contributed by atoms with Gasteiger partial charge in [-0.3, -0.25) is 14.4 Å². The molecule has 1 spiro atoms. The zero-order valence-corrected chi connectivity index (χ0v) is 22.1. The number of nitrogens with zero attached hydrogens (tertiary/aromatic N) is 3. The van der Waals surface area contributed by atoms with Gasteiger partial charge in [0.05, 0.1) is 17.7 Å². The summed E-state index contributed by atoms with van der Waals surface area (Å²) in [5.74, 6) is 0.727. The lowest BCUT2D eigenvalue weighted by Crippen LogP contribution is -2.62. The van der Waals surface area contributed by atoms with Crippen molar-refractivity contribution in [2.24, 2.45) is 11.3 Å². The van der Waals surface area contributed by atoms with Crippen LogP contribution in [0.2, 0.25) is 0 Å². The van der Waals surface area contributed by atoms with Gasteiger partial charge < -0.3 is 19.5 Å². The van der Waals surface area contributed by atoms with Crippen molar-refractivity contribution in [2.45, 2.75) is 69.9 Å². The number of amides is 2. The van der Waals surface area contributed by atoms with Crippen molar-refractivity contribution in [2.75, 3.05) is 27.2 Å². The fourth-order valence-electron chi connectivity index (χ4n) is 6.45. The van der Waals surface area contributed by atoms with E-state index >= 15 is 0 Å². The highest BCUT2D eigenvalue weighted by Gasteiger charge is 2.55. The van der Waals surface area contributed by atoms with E-state index in [1.807, 2.05) is 35.2 Å². The first-order chi connectivity index (χ1) is 17.7. The molecule has 3 fully saturated rings. The minimum atomic E-state index is -1.12. The maximum atomic E-state index is 13.4. The molecule has 1 aromatic heterocycles. The van der Waals surface area contributed by atoms with E-state index in [2.05, 4.69) is 0 Å². The number of hydrogen-bond acceptors (Lipinski definition) is 4. The van der Waals surface area contributed by atoms with Gasteiger partial charge in [0.1, 0.15) is 0 Å². The summed E-state index contributed by atoms with van der Waals surface area (Å²) in [7, 11) is 3.40. The lowest BCUT2D eigenvalue weighted by atomic mass is 9.65. The number of rotatable bonds is 7. The predicted octanol–water partition coefficient (Wildman–Crippen LogP) is 3.93. The Balaban J connectivity index is 1.45. The van der Waals surface area contributed by atoms with Crippen LogP contribution in [0.5, 0.6) is 0 Å². The molecule has 2 aromatic rings. The van der Waals surface area contributed by atoms with Gasteiger partial charge in [0.15, 0.2) is 0 Å². The number of piperidine rings is 1. The minimum absolute atomic E-state index is 0.124. The summed E-state index contributed by atoms with van der Waals surface area (Å²) in [6.45, 7) is 1.17. The third-order valence-electron chi connectivity index (χ3n) is 8.93. The summed E-state index contributed by atoms with van der Waals surface area (Å²) in [4.78, 5) is 43.0. The monoisotopic (exact) mass is 505 g/mol. The number of hydrogen-bond donors (Lipinski definition) is 1. The maximum absolute atomic E-state index is 13.4. The third kappa shape index (κ3) is 5.11. The predicted molar refractivity (Wildman–Crippen MR) is 143 cm³/mol. The average molecular weight is 506 g/mol. The van der Waals surface area contributed by atoms with E-state index in [1.165, 1.54) is 28.4 Å². The van der Waals surface area contributed by atoms with Crippen LogP contribution in [0.4, 0.5) is 0 Å². The first-order valence-corrected chi connectivity index (χ1v) is 13.7. The quantitative estimate of drug-likeness (QED) is 0.618. The van der Waals surface area contributed by atoms with Crippen molar-refractivity contribution in [3.63, 3.8) is 0 Å². The Bertz CT molecular complexity index is 1210. The van der Waals surface area contributed by atoms with E-state index in [1.54, 1.807) is 20.3 Å². The Hall–Kier alpha value is -2.93. The van der Waals surface area contributed by atoms with Crippen molar-refractivity contribution in [1.82, 2.24) is 14.4 Å². The summed E-state index contributed by atoms with van der Waals surface area (Å²) in [6, 6.07) is 11.0. The van der Waals surface area contributed by atoms with Crippen LogP contribution in [0.25, 0.3) is 11.1 Å². The minimum Gasteiger partial charge on any atom is -0.387 e. The molecule has 0 radical (unpaired) electrons. The molecule has 7 heteroatoms. The van der Waals surface area contributed by atoms with Gasteiger partial charge in [0.2, 0.25) is 5.91 Å². The third-order valence-corrected chi connectivity index (χ3v) is 8.93. The van der Waals surface area contributed by atoms with E-state index in [-0.39, 0.29) is 23.9 Å². The molecule has 1 saturated heterocycles. The van der Waals surface area contributed by atoms with E-state index < -0.39 is 11.0 Å². The smallest absolute Gasteiger partial charge is 0.255 e. The van der Waals surface area contributed by atoms with Gasteiger partial charge in [0.25, 0.3) is 11.5 Å². The first-order valence-electron chi connectivity index (χ1n) is 13.7. The molecule has 1 aliphatic heterocycles. The van der Waals surface area contributed by atoms with Gasteiger partial charge in [-0.1, -0.05) is 56.0 Å². The summed E-state index contributed by atoms with van der Waals surface area (Å²) in [5, 5.41) is 12.2. The second-order valence-corrected chi connectivity index (χ2v) is 11.7. The topological polar surface area (TPSA) is 82.8 Å². The molecule has 3 aliphatic rings. The normalized spacial score (nSPS) is 22.8. The zero-order chi connectivity index (χ0) is 26.2. The molecule has 0 bridgehead atoms. The van der Waals surface area contributed by atoms with Crippen LogP contribution in [0.15, 0.2) is 47.4 Å². The van der Waals surface area contributed by atoms with Crippen LogP contribution < -0.4 is 5.56 Å². The van der Waals surface area contributed by atoms with Crippen LogP contribution in [-0.4, -0.2) is 64.1 Å². The number of aromatic nitrogens is 1. The van der Waals surface area contributed by atoms with Crippen LogP contribution in [0.3, 0.4) is 0 Å². The number of carbonyl (C=O) groups is 2. The molecule has 1 aromatic carbocycles. The van der Waals surface area contributed by atoms with Gasteiger partial charge in [-0.15, -0.1) is 0 Å². The van der Waals surface area contributed by atoms with Gasteiger partial charge in [-0.25, -0.2) is 0 Å². The Kier molecular flexibility index (Phi) is 7.01. The molecule has 1 N–H and O–H groups in total. The average Bonchev–Trinajstić information content (AvgIpc) is 3.61. The second-order valence-electron chi connectivity index (χ2n) is 11.7. The number of benzene rings is 1. The molecule has 2 amide bonds. The van der Waals surface area contributed by atoms with Crippen molar-refractivity contribution in [3.8, 4) is 11.1 Å².